The lowest BCUT2D eigenvalue weighted by Gasteiger charge is -2.26. The van der Waals surface area contributed by atoms with E-state index in [1.54, 1.807) is 33.0 Å². The summed E-state index contributed by atoms with van der Waals surface area (Å²) in [7, 11) is 1.66. The van der Waals surface area contributed by atoms with Crippen molar-refractivity contribution in [3.05, 3.63) is 23.4 Å². The average molecular weight is 280 g/mol. The lowest BCUT2D eigenvalue weighted by molar-refractivity contribution is 0.0368. The fourth-order valence-electron chi connectivity index (χ4n) is 1.92. The molecule has 0 aliphatic heterocycles. The molecule has 0 saturated heterocycles. The smallest absolute Gasteiger partial charge is 0.253 e. The molecule has 0 saturated carbocycles. The van der Waals surface area contributed by atoms with Gasteiger partial charge in [0, 0.05) is 24.8 Å². The molecule has 1 amide bonds. The highest BCUT2D eigenvalue weighted by atomic mass is 16.3. The second-order valence-electron chi connectivity index (χ2n) is 5.94. The van der Waals surface area contributed by atoms with Gasteiger partial charge in [-0.3, -0.25) is 4.79 Å². The van der Waals surface area contributed by atoms with Gasteiger partial charge in [0.05, 0.1) is 5.60 Å². The molecule has 1 aromatic rings. The van der Waals surface area contributed by atoms with Crippen LogP contribution in [0.4, 0.5) is 5.82 Å². The van der Waals surface area contributed by atoms with E-state index in [0.29, 0.717) is 11.4 Å². The van der Waals surface area contributed by atoms with Crippen LogP contribution in [0.3, 0.4) is 0 Å². The largest absolute Gasteiger partial charge is 0.389 e. The number of carbonyl (C=O) groups is 1. The van der Waals surface area contributed by atoms with Crippen LogP contribution in [-0.2, 0) is 0 Å². The summed E-state index contributed by atoms with van der Waals surface area (Å²) in [5, 5.41) is 9.79. The predicted molar refractivity (Wildman–Crippen MR) is 79.4 cm³/mol. The Hall–Kier alpha value is -1.66. The van der Waals surface area contributed by atoms with Gasteiger partial charge in [-0.1, -0.05) is 13.8 Å². The van der Waals surface area contributed by atoms with Gasteiger partial charge in [0.25, 0.3) is 5.91 Å². The van der Waals surface area contributed by atoms with Gasteiger partial charge in [0.15, 0.2) is 0 Å². The molecular weight excluding hydrogens is 256 g/mol. The molecule has 1 aromatic heterocycles. The molecule has 0 aliphatic carbocycles. The molecule has 112 valence electrons. The fourth-order valence-corrected chi connectivity index (χ4v) is 1.92. The summed E-state index contributed by atoms with van der Waals surface area (Å²) in [4.78, 5) is 18.2. The number of carbonyl (C=O) groups excluding carboxylic acids is 1. The third kappa shape index (κ3) is 4.47. The second-order valence-corrected chi connectivity index (χ2v) is 5.94. The van der Waals surface area contributed by atoms with E-state index in [-0.39, 0.29) is 18.4 Å². The number of rotatable bonds is 5. The summed E-state index contributed by atoms with van der Waals surface area (Å²) in [5.74, 6) is 5.86. The van der Waals surface area contributed by atoms with Crippen molar-refractivity contribution in [3.8, 4) is 0 Å². The minimum Gasteiger partial charge on any atom is -0.389 e. The van der Waals surface area contributed by atoms with Crippen molar-refractivity contribution in [2.75, 3.05) is 19.0 Å². The van der Waals surface area contributed by atoms with Gasteiger partial charge in [0.2, 0.25) is 0 Å². The molecule has 0 atom stereocenters. The fraction of sp³-hybridized carbons (Fsp3) is 0.571. The Morgan fingerprint density at radius 3 is 2.55 bits per heavy atom. The highest BCUT2D eigenvalue weighted by Crippen LogP contribution is 2.18. The van der Waals surface area contributed by atoms with Gasteiger partial charge >= 0.3 is 0 Å². The van der Waals surface area contributed by atoms with E-state index >= 15 is 0 Å². The molecule has 6 nitrogen and oxygen atoms in total. The number of hydrogen-bond acceptors (Lipinski definition) is 5. The summed E-state index contributed by atoms with van der Waals surface area (Å²) in [5.41, 5.74) is 2.83. The number of aliphatic hydroxyl groups is 1. The molecule has 0 aromatic carbocycles. The van der Waals surface area contributed by atoms with Crippen molar-refractivity contribution in [1.29, 1.82) is 0 Å². The average Bonchev–Trinajstić information content (AvgIpc) is 2.35. The monoisotopic (exact) mass is 280 g/mol. The van der Waals surface area contributed by atoms with Crippen LogP contribution < -0.4 is 11.3 Å². The molecule has 0 aliphatic rings. The van der Waals surface area contributed by atoms with Crippen molar-refractivity contribution in [2.24, 2.45) is 5.84 Å². The number of amides is 1. The van der Waals surface area contributed by atoms with Crippen LogP contribution in [-0.4, -0.2) is 40.1 Å². The lowest BCUT2D eigenvalue weighted by Crippen LogP contribution is -2.39. The quantitative estimate of drug-likeness (QED) is 0.559. The van der Waals surface area contributed by atoms with Crippen LogP contribution in [0.15, 0.2) is 12.1 Å². The Balaban J connectivity index is 3.06. The molecule has 1 heterocycles. The number of aromatic nitrogens is 1. The predicted octanol–water partition coefficient (Wildman–Crippen LogP) is 1.33. The van der Waals surface area contributed by atoms with Crippen molar-refractivity contribution in [1.82, 2.24) is 9.88 Å². The summed E-state index contributed by atoms with van der Waals surface area (Å²) >= 11 is 0. The summed E-state index contributed by atoms with van der Waals surface area (Å²) in [6.07, 6.45) is 0. The SMILES string of the molecule is CC(C)c1cc(C(=O)N(C)CC(C)(C)O)cc(NN)n1. The lowest BCUT2D eigenvalue weighted by atomic mass is 10.1. The van der Waals surface area contributed by atoms with Crippen molar-refractivity contribution in [2.45, 2.75) is 39.2 Å². The molecule has 1 rings (SSSR count). The van der Waals surface area contributed by atoms with Crippen LogP contribution >= 0.6 is 0 Å². The zero-order valence-electron chi connectivity index (χ0n) is 12.8. The van der Waals surface area contributed by atoms with Crippen LogP contribution in [0.5, 0.6) is 0 Å². The van der Waals surface area contributed by atoms with Crippen LogP contribution in [0.25, 0.3) is 0 Å². The molecule has 0 fully saturated rings. The number of nitrogens with zero attached hydrogens (tertiary/aromatic N) is 2. The summed E-state index contributed by atoms with van der Waals surface area (Å²) < 4.78 is 0. The Bertz CT molecular complexity index is 481. The number of hydrazine groups is 1. The summed E-state index contributed by atoms with van der Waals surface area (Å²) in [6.45, 7) is 7.57. The van der Waals surface area contributed by atoms with Crippen LogP contribution in [0, 0.1) is 0 Å². The minimum absolute atomic E-state index is 0.173. The molecule has 0 spiro atoms. The Morgan fingerprint density at radius 1 is 1.50 bits per heavy atom. The van der Waals surface area contributed by atoms with Gasteiger partial charge in [0.1, 0.15) is 5.82 Å². The molecule has 0 radical (unpaired) electrons. The second kappa shape index (κ2) is 6.19. The Morgan fingerprint density at radius 2 is 2.10 bits per heavy atom. The molecule has 4 N–H and O–H groups in total. The first-order chi connectivity index (χ1) is 9.14. The highest BCUT2D eigenvalue weighted by molar-refractivity contribution is 5.95. The standard InChI is InChI=1S/C14H24N4O2/c1-9(2)11-6-10(7-12(16-11)17-15)13(19)18(5)8-14(3,4)20/h6-7,9,20H,8,15H2,1-5H3,(H,16,17). The van der Waals surface area contributed by atoms with Gasteiger partial charge in [-0.15, -0.1) is 0 Å². The van der Waals surface area contributed by atoms with E-state index in [0.717, 1.165) is 5.69 Å². The number of pyridine rings is 1. The van der Waals surface area contributed by atoms with Gasteiger partial charge in [-0.2, -0.15) is 0 Å². The molecule has 0 bridgehead atoms. The normalized spacial score (nSPS) is 11.6. The van der Waals surface area contributed by atoms with E-state index in [1.165, 1.54) is 4.90 Å². The third-order valence-corrected chi connectivity index (χ3v) is 2.80. The van der Waals surface area contributed by atoms with Gasteiger partial charge < -0.3 is 15.4 Å². The van der Waals surface area contributed by atoms with Crippen molar-refractivity contribution >= 4 is 11.7 Å². The van der Waals surface area contributed by atoms with E-state index < -0.39 is 5.60 Å². The third-order valence-electron chi connectivity index (χ3n) is 2.80. The number of anilines is 1. The van der Waals surface area contributed by atoms with E-state index in [9.17, 15) is 9.90 Å². The van der Waals surface area contributed by atoms with Crippen LogP contribution in [0.1, 0.15) is 49.7 Å². The van der Waals surface area contributed by atoms with E-state index in [1.807, 2.05) is 13.8 Å². The maximum absolute atomic E-state index is 12.4. The molecular formula is C14H24N4O2. The molecule has 20 heavy (non-hydrogen) atoms. The van der Waals surface area contributed by atoms with E-state index in [4.69, 9.17) is 5.84 Å². The Kier molecular flexibility index (Phi) is 5.08. The first-order valence-electron chi connectivity index (χ1n) is 6.60. The minimum atomic E-state index is -0.937. The van der Waals surface area contributed by atoms with Gasteiger partial charge in [-0.05, 0) is 31.9 Å². The first kappa shape index (κ1) is 16.4. The number of nitrogen functional groups attached to an aromatic ring is 1. The van der Waals surface area contributed by atoms with Gasteiger partial charge in [-0.25, -0.2) is 10.8 Å². The van der Waals surface area contributed by atoms with Crippen LogP contribution in [0.2, 0.25) is 0 Å². The maximum atomic E-state index is 12.4. The summed E-state index contributed by atoms with van der Waals surface area (Å²) in [6, 6.07) is 3.36. The number of hydrogen-bond donors (Lipinski definition) is 3. The zero-order chi connectivity index (χ0) is 15.5. The number of likely N-dealkylation sites (N-methyl/N-ethyl adjacent to an activating group) is 1. The number of nitrogens with one attached hydrogen (secondary N) is 1. The zero-order valence-corrected chi connectivity index (χ0v) is 12.8. The Labute approximate surface area is 120 Å². The van der Waals surface area contributed by atoms with Crippen molar-refractivity contribution < 1.29 is 9.90 Å². The molecule has 0 unspecified atom stereocenters. The van der Waals surface area contributed by atoms with E-state index in [2.05, 4.69) is 10.4 Å². The molecule has 6 heteroatoms. The topological polar surface area (TPSA) is 91.5 Å². The maximum Gasteiger partial charge on any atom is 0.253 e. The number of nitrogens with two attached hydrogens (primary N) is 1. The first-order valence-corrected chi connectivity index (χ1v) is 6.60. The highest BCUT2D eigenvalue weighted by Gasteiger charge is 2.21. The van der Waals surface area contributed by atoms with Crippen molar-refractivity contribution in [3.63, 3.8) is 0 Å².